The zero-order valence-corrected chi connectivity index (χ0v) is 7.14. The molecule has 1 heterocycles. The molecule has 1 aromatic rings. The highest BCUT2D eigenvalue weighted by Gasteiger charge is 1.95. The molecule has 0 aromatic carbocycles. The predicted octanol–water partition coefficient (Wildman–Crippen LogP) is 1.11. The van der Waals surface area contributed by atoms with Crippen LogP contribution in [-0.4, -0.2) is 25.5 Å². The van der Waals surface area contributed by atoms with Crippen molar-refractivity contribution in [3.05, 3.63) is 24.4 Å². The van der Waals surface area contributed by atoms with Crippen LogP contribution in [0.5, 0.6) is 0 Å². The molecule has 0 fully saturated rings. The van der Waals surface area contributed by atoms with Gasteiger partial charge in [0, 0.05) is 13.2 Å². The van der Waals surface area contributed by atoms with Crippen LogP contribution in [0.1, 0.15) is 0 Å². The number of nitrogens with zero attached hydrogens (tertiary/aromatic N) is 3. The second-order valence-electron chi connectivity index (χ2n) is 2.20. The first kappa shape index (κ1) is 8.52. The van der Waals surface area contributed by atoms with Gasteiger partial charge in [0.1, 0.15) is 19.3 Å². The Balaban J connectivity index is 2.65. The van der Waals surface area contributed by atoms with Crippen molar-refractivity contribution in [2.24, 2.45) is 5.16 Å². The van der Waals surface area contributed by atoms with Gasteiger partial charge in [0.25, 0.3) is 0 Å². The fraction of sp³-hybridized carbons (Fsp3) is 0.250. The number of hydrogen-bond donors (Lipinski definition) is 0. The molecule has 0 aliphatic carbocycles. The number of oxime groups is 1. The summed E-state index contributed by atoms with van der Waals surface area (Å²) in [5.41, 5.74) is 0. The van der Waals surface area contributed by atoms with Gasteiger partial charge < -0.3 is 9.74 Å². The van der Waals surface area contributed by atoms with E-state index < -0.39 is 0 Å². The summed E-state index contributed by atoms with van der Waals surface area (Å²) in [6.07, 6.45) is 3.29. The molecule has 4 nitrogen and oxygen atoms in total. The summed E-state index contributed by atoms with van der Waals surface area (Å²) >= 11 is 0. The summed E-state index contributed by atoms with van der Waals surface area (Å²) < 4.78 is 0. The number of pyridine rings is 1. The Kier molecular flexibility index (Phi) is 3.07. The summed E-state index contributed by atoms with van der Waals surface area (Å²) in [5.74, 6) is 0.832. The van der Waals surface area contributed by atoms with Crippen molar-refractivity contribution < 1.29 is 4.84 Å². The third-order valence-corrected chi connectivity index (χ3v) is 1.34. The largest absolute Gasteiger partial charge is 0.398 e. The second kappa shape index (κ2) is 4.33. The minimum absolute atomic E-state index is 0.832. The van der Waals surface area contributed by atoms with Crippen molar-refractivity contribution in [2.75, 3.05) is 19.1 Å². The molecule has 12 heavy (non-hydrogen) atoms. The number of rotatable bonds is 3. The maximum Gasteiger partial charge on any atom is 0.136 e. The van der Waals surface area contributed by atoms with Crippen LogP contribution in [0.15, 0.2) is 29.6 Å². The molecule has 0 amide bonds. The van der Waals surface area contributed by atoms with E-state index in [0.717, 1.165) is 5.82 Å². The van der Waals surface area contributed by atoms with Crippen molar-refractivity contribution in [3.8, 4) is 0 Å². The van der Waals surface area contributed by atoms with E-state index in [1.165, 1.54) is 7.11 Å². The van der Waals surface area contributed by atoms with Gasteiger partial charge in [-0.3, -0.25) is 0 Å². The van der Waals surface area contributed by atoms with Gasteiger partial charge in [0.05, 0.1) is 0 Å². The molecule has 1 aromatic heterocycles. The van der Waals surface area contributed by atoms with Gasteiger partial charge in [-0.25, -0.2) is 4.98 Å². The maximum atomic E-state index is 4.53. The lowest BCUT2D eigenvalue weighted by atomic mass is 10.4. The monoisotopic (exact) mass is 165 g/mol. The Morgan fingerprint density at radius 2 is 2.42 bits per heavy atom. The molecular weight excluding hydrogens is 154 g/mol. The smallest absolute Gasteiger partial charge is 0.136 e. The van der Waals surface area contributed by atoms with E-state index in [1.54, 1.807) is 17.4 Å². The van der Waals surface area contributed by atoms with Crippen LogP contribution >= 0.6 is 0 Å². The normalized spacial score (nSPS) is 10.2. The maximum absolute atomic E-state index is 4.53. The van der Waals surface area contributed by atoms with Crippen LogP contribution < -0.4 is 4.90 Å². The van der Waals surface area contributed by atoms with Crippen LogP contribution in [0.3, 0.4) is 0 Å². The van der Waals surface area contributed by atoms with E-state index in [4.69, 9.17) is 0 Å². The van der Waals surface area contributed by atoms with E-state index in [0.29, 0.717) is 0 Å². The van der Waals surface area contributed by atoms with E-state index in [9.17, 15) is 0 Å². The summed E-state index contributed by atoms with van der Waals surface area (Å²) in [6.45, 7) is 0. The SMILES string of the molecule is CO/N=C/N(C)c1ccccn1. The van der Waals surface area contributed by atoms with Crippen molar-refractivity contribution in [2.45, 2.75) is 0 Å². The van der Waals surface area contributed by atoms with E-state index >= 15 is 0 Å². The average molecular weight is 165 g/mol. The molecule has 0 spiro atoms. The Hall–Kier alpha value is -1.58. The molecule has 0 radical (unpaired) electrons. The quantitative estimate of drug-likeness (QED) is 0.382. The molecule has 0 unspecified atom stereocenters. The van der Waals surface area contributed by atoms with Gasteiger partial charge in [-0.15, -0.1) is 0 Å². The van der Waals surface area contributed by atoms with Crippen molar-refractivity contribution >= 4 is 12.2 Å². The Morgan fingerprint density at radius 3 is 3.00 bits per heavy atom. The van der Waals surface area contributed by atoms with Crippen LogP contribution in [0.25, 0.3) is 0 Å². The lowest BCUT2D eigenvalue weighted by Crippen LogP contribution is -2.15. The van der Waals surface area contributed by atoms with E-state index in [-0.39, 0.29) is 0 Å². The highest BCUT2D eigenvalue weighted by atomic mass is 16.6. The molecular formula is C8H11N3O. The van der Waals surface area contributed by atoms with Crippen LogP contribution in [-0.2, 0) is 4.84 Å². The van der Waals surface area contributed by atoms with Gasteiger partial charge >= 0.3 is 0 Å². The van der Waals surface area contributed by atoms with Gasteiger partial charge in [0.15, 0.2) is 0 Å². The zero-order chi connectivity index (χ0) is 8.81. The lowest BCUT2D eigenvalue weighted by molar-refractivity contribution is 0.215. The molecule has 0 aliphatic rings. The predicted molar refractivity (Wildman–Crippen MR) is 48.1 cm³/mol. The molecule has 0 saturated heterocycles. The highest BCUT2D eigenvalue weighted by molar-refractivity contribution is 5.75. The van der Waals surface area contributed by atoms with Crippen LogP contribution in [0.2, 0.25) is 0 Å². The molecule has 0 atom stereocenters. The third kappa shape index (κ3) is 2.23. The highest BCUT2D eigenvalue weighted by Crippen LogP contribution is 2.03. The summed E-state index contributed by atoms with van der Waals surface area (Å²) in [5, 5.41) is 3.61. The number of aromatic nitrogens is 1. The lowest BCUT2D eigenvalue weighted by Gasteiger charge is -2.09. The minimum atomic E-state index is 0.832. The van der Waals surface area contributed by atoms with Crippen LogP contribution in [0, 0.1) is 0 Å². The standard InChI is InChI=1S/C8H11N3O/c1-11(7-10-12-2)8-5-3-4-6-9-8/h3-7H,1-2H3/b10-7+. The Morgan fingerprint density at radius 1 is 1.58 bits per heavy atom. The van der Waals surface area contributed by atoms with Gasteiger partial charge in [-0.05, 0) is 12.1 Å². The van der Waals surface area contributed by atoms with E-state index in [1.807, 2.05) is 25.2 Å². The average Bonchev–Trinajstić information content (AvgIpc) is 2.15. The zero-order valence-electron chi connectivity index (χ0n) is 7.14. The summed E-state index contributed by atoms with van der Waals surface area (Å²) in [4.78, 5) is 10.4. The van der Waals surface area contributed by atoms with E-state index in [2.05, 4.69) is 15.0 Å². The van der Waals surface area contributed by atoms with Gasteiger partial charge in [-0.2, -0.15) is 0 Å². The first-order valence-corrected chi connectivity index (χ1v) is 3.55. The van der Waals surface area contributed by atoms with Gasteiger partial charge in [-0.1, -0.05) is 11.2 Å². The van der Waals surface area contributed by atoms with Crippen molar-refractivity contribution in [3.63, 3.8) is 0 Å². The third-order valence-electron chi connectivity index (χ3n) is 1.34. The van der Waals surface area contributed by atoms with Crippen molar-refractivity contribution in [1.29, 1.82) is 0 Å². The summed E-state index contributed by atoms with van der Waals surface area (Å²) in [6, 6.07) is 5.67. The molecule has 64 valence electrons. The molecule has 4 heteroatoms. The second-order valence-corrected chi connectivity index (χ2v) is 2.20. The Labute approximate surface area is 71.5 Å². The number of anilines is 1. The fourth-order valence-corrected chi connectivity index (χ4v) is 0.739. The fourth-order valence-electron chi connectivity index (χ4n) is 0.739. The first-order valence-electron chi connectivity index (χ1n) is 3.55. The molecule has 1 rings (SSSR count). The summed E-state index contributed by atoms with van der Waals surface area (Å²) in [7, 11) is 3.35. The Bertz CT molecular complexity index is 248. The van der Waals surface area contributed by atoms with Crippen molar-refractivity contribution in [1.82, 2.24) is 4.98 Å². The molecule has 0 N–H and O–H groups in total. The molecule has 0 saturated carbocycles. The van der Waals surface area contributed by atoms with Crippen LogP contribution in [0.4, 0.5) is 5.82 Å². The first-order chi connectivity index (χ1) is 5.84. The molecule has 0 bridgehead atoms. The molecule has 0 aliphatic heterocycles. The minimum Gasteiger partial charge on any atom is -0.398 e. The number of hydrogen-bond acceptors (Lipinski definition) is 3. The topological polar surface area (TPSA) is 37.7 Å². The van der Waals surface area contributed by atoms with Gasteiger partial charge in [0.2, 0.25) is 0 Å².